The predicted octanol–water partition coefficient (Wildman–Crippen LogP) is 3.50. The first-order chi connectivity index (χ1) is 13.4. The average molecular weight is 401 g/mol. The third-order valence-corrected chi connectivity index (χ3v) is 8.23. The molecule has 2 aromatic carbocycles. The largest absolute Gasteiger partial charge is 0.341 e. The molecule has 28 heavy (non-hydrogen) atoms. The summed E-state index contributed by atoms with van der Waals surface area (Å²) < 4.78 is 27.1. The SMILES string of the molecule is CN(CC(=O)N1CC[C@H]2CCCC[C@@H]2C1)S(=O)(=O)c1ccc2ccccc2c1. The van der Waals surface area contributed by atoms with Gasteiger partial charge >= 0.3 is 0 Å². The minimum atomic E-state index is -3.70. The highest BCUT2D eigenvalue weighted by Gasteiger charge is 2.34. The Hall–Kier alpha value is -1.92. The number of carbonyl (C=O) groups excluding carboxylic acids is 1. The standard InChI is InChI=1S/C22H28N2O3S/c1-23(16-22(25)24-13-12-18-7-3-5-9-20(18)15-24)28(26,27)21-11-10-17-6-2-4-8-19(17)14-21/h2,4,6,8,10-11,14,18,20H,3,5,7,9,12-13,15-16H2,1H3/t18-,20-/m1/s1. The number of carbonyl (C=O) groups is 1. The molecule has 2 aromatic rings. The molecule has 1 aliphatic carbocycles. The van der Waals surface area contributed by atoms with Gasteiger partial charge in [-0.15, -0.1) is 0 Å². The highest BCUT2D eigenvalue weighted by molar-refractivity contribution is 7.89. The Kier molecular flexibility index (Phi) is 5.43. The molecular formula is C22H28N2O3S. The number of hydrogen-bond donors (Lipinski definition) is 0. The van der Waals surface area contributed by atoms with Crippen LogP contribution in [0.5, 0.6) is 0 Å². The van der Waals surface area contributed by atoms with Crippen molar-refractivity contribution in [2.75, 3.05) is 26.7 Å². The minimum absolute atomic E-state index is 0.0871. The molecule has 2 fully saturated rings. The van der Waals surface area contributed by atoms with Crippen LogP contribution < -0.4 is 0 Å². The molecule has 2 atom stereocenters. The van der Waals surface area contributed by atoms with Gasteiger partial charge in [-0.05, 0) is 47.6 Å². The molecule has 5 nitrogen and oxygen atoms in total. The van der Waals surface area contributed by atoms with Gasteiger partial charge in [0.15, 0.2) is 0 Å². The van der Waals surface area contributed by atoms with Gasteiger partial charge in [0.2, 0.25) is 15.9 Å². The number of likely N-dealkylation sites (tertiary alicyclic amines) is 1. The summed E-state index contributed by atoms with van der Waals surface area (Å²) in [6, 6.07) is 12.8. The summed E-state index contributed by atoms with van der Waals surface area (Å²) >= 11 is 0. The monoisotopic (exact) mass is 400 g/mol. The lowest BCUT2D eigenvalue weighted by atomic mass is 9.75. The van der Waals surface area contributed by atoms with Crippen LogP contribution in [0.25, 0.3) is 10.8 Å². The van der Waals surface area contributed by atoms with Crippen LogP contribution in [0, 0.1) is 11.8 Å². The van der Waals surface area contributed by atoms with Gasteiger partial charge in [0.05, 0.1) is 11.4 Å². The van der Waals surface area contributed by atoms with Crippen molar-refractivity contribution in [3.63, 3.8) is 0 Å². The molecule has 0 aromatic heterocycles. The molecule has 1 saturated carbocycles. The summed E-state index contributed by atoms with van der Waals surface area (Å²) in [5.41, 5.74) is 0. The number of nitrogens with zero attached hydrogens (tertiary/aromatic N) is 2. The molecule has 1 heterocycles. The molecule has 1 saturated heterocycles. The van der Waals surface area contributed by atoms with Crippen LogP contribution >= 0.6 is 0 Å². The van der Waals surface area contributed by atoms with Crippen LogP contribution in [0.3, 0.4) is 0 Å². The normalized spacial score (nSPS) is 23.0. The van der Waals surface area contributed by atoms with Crippen LogP contribution in [0.1, 0.15) is 32.1 Å². The molecular weight excluding hydrogens is 372 g/mol. The Labute approximate surface area is 167 Å². The Balaban J connectivity index is 1.45. The molecule has 0 bridgehead atoms. The number of hydrogen-bond acceptors (Lipinski definition) is 3. The molecule has 1 aliphatic heterocycles. The first-order valence-corrected chi connectivity index (χ1v) is 11.6. The molecule has 1 amide bonds. The summed E-state index contributed by atoms with van der Waals surface area (Å²) in [5.74, 6) is 1.25. The average Bonchev–Trinajstić information content (AvgIpc) is 2.72. The van der Waals surface area contributed by atoms with Crippen molar-refractivity contribution in [2.45, 2.75) is 37.0 Å². The topological polar surface area (TPSA) is 57.7 Å². The third kappa shape index (κ3) is 3.80. The molecule has 0 N–H and O–H groups in total. The number of amides is 1. The maximum Gasteiger partial charge on any atom is 0.243 e. The van der Waals surface area contributed by atoms with E-state index in [1.807, 2.05) is 35.2 Å². The lowest BCUT2D eigenvalue weighted by Crippen LogP contribution is -2.48. The maximum absolute atomic E-state index is 13.0. The Bertz CT molecular complexity index is 973. The van der Waals surface area contributed by atoms with Crippen LogP contribution in [0.4, 0.5) is 0 Å². The second-order valence-electron chi connectivity index (χ2n) is 8.20. The van der Waals surface area contributed by atoms with Crippen molar-refractivity contribution in [3.8, 4) is 0 Å². The van der Waals surface area contributed by atoms with E-state index in [2.05, 4.69) is 0 Å². The number of sulfonamides is 1. The maximum atomic E-state index is 13.0. The van der Waals surface area contributed by atoms with Gasteiger partial charge < -0.3 is 4.90 Å². The van der Waals surface area contributed by atoms with Crippen molar-refractivity contribution < 1.29 is 13.2 Å². The summed E-state index contributed by atoms with van der Waals surface area (Å²) in [7, 11) is -2.21. The van der Waals surface area contributed by atoms with E-state index in [1.54, 1.807) is 12.1 Å². The fourth-order valence-corrected chi connectivity index (χ4v) is 5.87. The molecule has 150 valence electrons. The van der Waals surface area contributed by atoms with Crippen molar-refractivity contribution in [1.29, 1.82) is 0 Å². The van der Waals surface area contributed by atoms with Crippen LogP contribution in [0.2, 0.25) is 0 Å². The van der Waals surface area contributed by atoms with E-state index in [4.69, 9.17) is 0 Å². The number of fused-ring (bicyclic) bond motifs is 2. The van der Waals surface area contributed by atoms with Crippen LogP contribution in [0.15, 0.2) is 47.4 Å². The molecule has 0 unspecified atom stereocenters. The van der Waals surface area contributed by atoms with E-state index in [9.17, 15) is 13.2 Å². The smallest absolute Gasteiger partial charge is 0.243 e. The third-order valence-electron chi connectivity index (χ3n) is 6.43. The fourth-order valence-electron chi connectivity index (χ4n) is 4.71. The summed E-state index contributed by atoms with van der Waals surface area (Å²) in [6.45, 7) is 1.43. The Morgan fingerprint density at radius 1 is 1.04 bits per heavy atom. The quantitative estimate of drug-likeness (QED) is 0.789. The van der Waals surface area contributed by atoms with Crippen molar-refractivity contribution in [3.05, 3.63) is 42.5 Å². The van der Waals surface area contributed by atoms with Crippen LogP contribution in [-0.2, 0) is 14.8 Å². The van der Waals surface area contributed by atoms with E-state index in [0.29, 0.717) is 5.92 Å². The van der Waals surface area contributed by atoms with Crippen molar-refractivity contribution in [2.24, 2.45) is 11.8 Å². The number of piperidine rings is 1. The van der Waals surface area contributed by atoms with Crippen molar-refractivity contribution >= 4 is 26.7 Å². The van der Waals surface area contributed by atoms with Gasteiger partial charge in [0.25, 0.3) is 0 Å². The lowest BCUT2D eigenvalue weighted by molar-refractivity contribution is -0.134. The van der Waals surface area contributed by atoms with Crippen molar-refractivity contribution in [1.82, 2.24) is 9.21 Å². The minimum Gasteiger partial charge on any atom is -0.341 e. The molecule has 6 heteroatoms. The molecule has 0 radical (unpaired) electrons. The van der Waals surface area contributed by atoms with Gasteiger partial charge in [-0.1, -0.05) is 49.6 Å². The first-order valence-electron chi connectivity index (χ1n) is 10.2. The second-order valence-corrected chi connectivity index (χ2v) is 10.2. The summed E-state index contributed by atoms with van der Waals surface area (Å²) in [6.07, 6.45) is 6.08. The zero-order valence-electron chi connectivity index (χ0n) is 16.4. The van der Waals surface area contributed by atoms with Crippen LogP contribution in [-0.4, -0.2) is 50.2 Å². The number of benzene rings is 2. The summed E-state index contributed by atoms with van der Waals surface area (Å²) in [5, 5.41) is 1.87. The fraction of sp³-hybridized carbons (Fsp3) is 0.500. The Morgan fingerprint density at radius 2 is 1.75 bits per heavy atom. The van der Waals surface area contributed by atoms with E-state index >= 15 is 0 Å². The molecule has 4 rings (SSSR count). The number of likely N-dealkylation sites (N-methyl/N-ethyl adjacent to an activating group) is 1. The van der Waals surface area contributed by atoms with Gasteiger partial charge in [0.1, 0.15) is 0 Å². The zero-order chi connectivity index (χ0) is 19.7. The highest BCUT2D eigenvalue weighted by Crippen LogP contribution is 2.36. The van der Waals surface area contributed by atoms with E-state index in [-0.39, 0.29) is 17.3 Å². The Morgan fingerprint density at radius 3 is 2.54 bits per heavy atom. The predicted molar refractivity (Wildman–Crippen MR) is 110 cm³/mol. The van der Waals surface area contributed by atoms with E-state index in [0.717, 1.165) is 36.2 Å². The number of rotatable bonds is 4. The van der Waals surface area contributed by atoms with E-state index in [1.165, 1.54) is 37.0 Å². The van der Waals surface area contributed by atoms with Gasteiger partial charge in [-0.25, -0.2) is 8.42 Å². The highest BCUT2D eigenvalue weighted by atomic mass is 32.2. The van der Waals surface area contributed by atoms with E-state index < -0.39 is 10.0 Å². The molecule has 2 aliphatic rings. The molecule has 0 spiro atoms. The lowest BCUT2D eigenvalue weighted by Gasteiger charge is -2.41. The van der Waals surface area contributed by atoms with Gasteiger partial charge in [-0.2, -0.15) is 4.31 Å². The van der Waals surface area contributed by atoms with Gasteiger partial charge in [0, 0.05) is 20.1 Å². The first kappa shape index (κ1) is 19.4. The van der Waals surface area contributed by atoms with Gasteiger partial charge in [-0.3, -0.25) is 4.79 Å². The zero-order valence-corrected chi connectivity index (χ0v) is 17.2. The summed E-state index contributed by atoms with van der Waals surface area (Å²) in [4.78, 5) is 14.9. The second kappa shape index (κ2) is 7.84.